The Bertz CT molecular complexity index is 392. The van der Waals surface area contributed by atoms with Crippen LogP contribution in [0.25, 0.3) is 0 Å². The molecule has 2 rings (SSSR count). The van der Waals surface area contributed by atoms with E-state index in [9.17, 15) is 4.79 Å². The minimum absolute atomic E-state index is 0.0150. The molecule has 0 aliphatic carbocycles. The number of nitrogens with one attached hydrogen (secondary N) is 1. The standard InChI is InChI=1S/C12H15ClN2O2/c1-14-6-11-7-17-8-12(16)15(11)10-4-2-9(13)3-5-10/h2-5,11,14H,6-8H2,1H3. The van der Waals surface area contributed by atoms with Crippen LogP contribution in [0.5, 0.6) is 0 Å². The van der Waals surface area contributed by atoms with Gasteiger partial charge in [0.2, 0.25) is 0 Å². The molecule has 0 spiro atoms. The Balaban J connectivity index is 2.24. The molecule has 1 fully saturated rings. The second-order valence-corrected chi connectivity index (χ2v) is 4.40. The van der Waals surface area contributed by atoms with Gasteiger partial charge in [0, 0.05) is 17.3 Å². The van der Waals surface area contributed by atoms with E-state index in [0.29, 0.717) is 18.2 Å². The first-order chi connectivity index (χ1) is 8.22. The zero-order chi connectivity index (χ0) is 12.3. The third kappa shape index (κ3) is 2.77. The first kappa shape index (κ1) is 12.4. The zero-order valence-corrected chi connectivity index (χ0v) is 10.4. The van der Waals surface area contributed by atoms with Gasteiger partial charge in [-0.3, -0.25) is 4.79 Å². The van der Waals surface area contributed by atoms with Crippen LogP contribution in [-0.4, -0.2) is 38.8 Å². The smallest absolute Gasteiger partial charge is 0.253 e. The third-order valence-electron chi connectivity index (χ3n) is 2.71. The number of anilines is 1. The highest BCUT2D eigenvalue weighted by molar-refractivity contribution is 6.30. The number of halogens is 1. The molecule has 1 unspecified atom stereocenters. The van der Waals surface area contributed by atoms with E-state index in [1.165, 1.54) is 0 Å². The number of likely N-dealkylation sites (N-methyl/N-ethyl adjacent to an activating group) is 1. The first-order valence-corrected chi connectivity index (χ1v) is 5.90. The molecule has 1 aliphatic rings. The topological polar surface area (TPSA) is 41.6 Å². The summed E-state index contributed by atoms with van der Waals surface area (Å²) in [4.78, 5) is 13.7. The van der Waals surface area contributed by atoms with Crippen LogP contribution in [-0.2, 0) is 9.53 Å². The maximum Gasteiger partial charge on any atom is 0.253 e. The van der Waals surface area contributed by atoms with E-state index in [-0.39, 0.29) is 18.6 Å². The lowest BCUT2D eigenvalue weighted by Crippen LogP contribution is -2.53. The van der Waals surface area contributed by atoms with Crippen molar-refractivity contribution in [2.75, 3.05) is 31.7 Å². The van der Waals surface area contributed by atoms with Gasteiger partial charge in [-0.2, -0.15) is 0 Å². The average Bonchev–Trinajstić information content (AvgIpc) is 2.32. The van der Waals surface area contributed by atoms with E-state index in [2.05, 4.69) is 5.32 Å². The Hall–Kier alpha value is -1.10. The number of rotatable bonds is 3. The lowest BCUT2D eigenvalue weighted by Gasteiger charge is -2.35. The van der Waals surface area contributed by atoms with E-state index >= 15 is 0 Å². The minimum Gasteiger partial charge on any atom is -0.369 e. The number of hydrogen-bond donors (Lipinski definition) is 1. The highest BCUT2D eigenvalue weighted by atomic mass is 35.5. The first-order valence-electron chi connectivity index (χ1n) is 5.52. The van der Waals surface area contributed by atoms with E-state index < -0.39 is 0 Å². The molecule has 1 saturated heterocycles. The van der Waals surface area contributed by atoms with E-state index in [1.807, 2.05) is 19.2 Å². The van der Waals surface area contributed by atoms with E-state index in [4.69, 9.17) is 16.3 Å². The number of morpholine rings is 1. The number of carbonyl (C=O) groups is 1. The van der Waals surface area contributed by atoms with Gasteiger partial charge in [0.1, 0.15) is 6.61 Å². The molecule has 1 N–H and O–H groups in total. The summed E-state index contributed by atoms with van der Waals surface area (Å²) in [6, 6.07) is 7.32. The lowest BCUT2D eigenvalue weighted by atomic mass is 10.2. The minimum atomic E-state index is -0.0150. The fourth-order valence-electron chi connectivity index (χ4n) is 1.97. The van der Waals surface area contributed by atoms with E-state index in [1.54, 1.807) is 17.0 Å². The fraction of sp³-hybridized carbons (Fsp3) is 0.417. The summed E-state index contributed by atoms with van der Waals surface area (Å²) in [5.74, 6) is -0.0150. The van der Waals surface area contributed by atoms with Crippen LogP contribution in [0.3, 0.4) is 0 Å². The number of amides is 1. The molecule has 1 aromatic rings. The number of nitrogens with zero attached hydrogens (tertiary/aromatic N) is 1. The van der Waals surface area contributed by atoms with Gasteiger partial charge in [0.05, 0.1) is 12.6 Å². The largest absolute Gasteiger partial charge is 0.369 e. The molecule has 0 radical (unpaired) electrons. The quantitative estimate of drug-likeness (QED) is 0.884. The Kier molecular flexibility index (Phi) is 3.99. The summed E-state index contributed by atoms with van der Waals surface area (Å²) in [6.07, 6.45) is 0. The molecule has 1 amide bonds. The highest BCUT2D eigenvalue weighted by Gasteiger charge is 2.29. The maximum absolute atomic E-state index is 11.9. The van der Waals surface area contributed by atoms with Crippen molar-refractivity contribution in [2.24, 2.45) is 0 Å². The summed E-state index contributed by atoms with van der Waals surface area (Å²) in [6.45, 7) is 1.40. The van der Waals surface area contributed by atoms with Gasteiger partial charge in [0.15, 0.2) is 0 Å². The molecule has 4 nitrogen and oxygen atoms in total. The molecule has 5 heteroatoms. The second kappa shape index (κ2) is 5.49. The average molecular weight is 255 g/mol. The van der Waals surface area contributed by atoms with Crippen LogP contribution in [0.1, 0.15) is 0 Å². The predicted octanol–water partition coefficient (Wildman–Crippen LogP) is 1.29. The van der Waals surface area contributed by atoms with Crippen molar-refractivity contribution in [3.05, 3.63) is 29.3 Å². The molecular weight excluding hydrogens is 240 g/mol. The summed E-state index contributed by atoms with van der Waals surface area (Å²) >= 11 is 5.84. The Morgan fingerprint density at radius 3 is 2.82 bits per heavy atom. The fourth-order valence-corrected chi connectivity index (χ4v) is 2.10. The summed E-state index contributed by atoms with van der Waals surface area (Å²) in [5, 5.41) is 3.74. The number of ether oxygens (including phenoxy) is 1. The van der Waals surface area contributed by atoms with Crippen LogP contribution >= 0.6 is 11.6 Å². The van der Waals surface area contributed by atoms with Gasteiger partial charge in [-0.05, 0) is 31.3 Å². The molecule has 92 valence electrons. The highest BCUT2D eigenvalue weighted by Crippen LogP contribution is 2.22. The van der Waals surface area contributed by atoms with Gasteiger partial charge in [-0.1, -0.05) is 11.6 Å². The van der Waals surface area contributed by atoms with Crippen molar-refractivity contribution in [2.45, 2.75) is 6.04 Å². The monoisotopic (exact) mass is 254 g/mol. The van der Waals surface area contributed by atoms with Gasteiger partial charge < -0.3 is 15.0 Å². The molecule has 1 atom stereocenters. The maximum atomic E-state index is 11.9. The molecule has 0 bridgehead atoms. The van der Waals surface area contributed by atoms with Crippen LogP contribution in [0.15, 0.2) is 24.3 Å². The van der Waals surface area contributed by atoms with Crippen molar-refractivity contribution < 1.29 is 9.53 Å². The molecule has 1 aliphatic heterocycles. The predicted molar refractivity (Wildman–Crippen MR) is 67.5 cm³/mol. The Labute approximate surface area is 106 Å². The van der Waals surface area contributed by atoms with Crippen LogP contribution < -0.4 is 10.2 Å². The van der Waals surface area contributed by atoms with Crippen molar-refractivity contribution in [3.8, 4) is 0 Å². The Morgan fingerprint density at radius 1 is 1.47 bits per heavy atom. The number of carbonyl (C=O) groups excluding carboxylic acids is 1. The number of hydrogen-bond acceptors (Lipinski definition) is 3. The summed E-state index contributed by atoms with van der Waals surface area (Å²) in [5.41, 5.74) is 0.864. The molecule has 1 heterocycles. The van der Waals surface area contributed by atoms with Gasteiger partial charge >= 0.3 is 0 Å². The number of benzene rings is 1. The van der Waals surface area contributed by atoms with Gasteiger partial charge in [-0.25, -0.2) is 0 Å². The molecule has 17 heavy (non-hydrogen) atoms. The van der Waals surface area contributed by atoms with Crippen molar-refractivity contribution in [3.63, 3.8) is 0 Å². The Morgan fingerprint density at radius 2 is 2.18 bits per heavy atom. The van der Waals surface area contributed by atoms with Crippen LogP contribution in [0.4, 0.5) is 5.69 Å². The van der Waals surface area contributed by atoms with Crippen molar-refractivity contribution in [1.82, 2.24) is 5.32 Å². The van der Waals surface area contributed by atoms with Crippen molar-refractivity contribution >= 4 is 23.2 Å². The summed E-state index contributed by atoms with van der Waals surface area (Å²) in [7, 11) is 1.86. The molecule has 0 saturated carbocycles. The third-order valence-corrected chi connectivity index (χ3v) is 2.97. The summed E-state index contributed by atoms with van der Waals surface area (Å²) < 4.78 is 5.27. The molecule has 0 aromatic heterocycles. The van der Waals surface area contributed by atoms with Crippen LogP contribution in [0, 0.1) is 0 Å². The normalized spacial score (nSPS) is 20.7. The van der Waals surface area contributed by atoms with E-state index in [0.717, 1.165) is 5.69 Å². The molecule has 1 aromatic carbocycles. The lowest BCUT2D eigenvalue weighted by molar-refractivity contribution is -0.127. The van der Waals surface area contributed by atoms with Crippen molar-refractivity contribution in [1.29, 1.82) is 0 Å². The zero-order valence-electron chi connectivity index (χ0n) is 9.65. The van der Waals surface area contributed by atoms with Gasteiger partial charge in [0.25, 0.3) is 5.91 Å². The second-order valence-electron chi connectivity index (χ2n) is 3.97. The van der Waals surface area contributed by atoms with Crippen LogP contribution in [0.2, 0.25) is 5.02 Å². The molecular formula is C12H15ClN2O2. The van der Waals surface area contributed by atoms with Gasteiger partial charge in [-0.15, -0.1) is 0 Å². The SMILES string of the molecule is CNCC1COCC(=O)N1c1ccc(Cl)cc1.